The molecule has 1 saturated heterocycles. The summed E-state index contributed by atoms with van der Waals surface area (Å²) in [7, 11) is -1.90. The van der Waals surface area contributed by atoms with Crippen LogP contribution in [0.3, 0.4) is 0 Å². The van der Waals surface area contributed by atoms with Crippen LogP contribution in [0.15, 0.2) is 30.5 Å². The lowest BCUT2D eigenvalue weighted by Gasteiger charge is -2.29. The molecule has 10 nitrogen and oxygen atoms in total. The van der Waals surface area contributed by atoms with Crippen LogP contribution in [0.2, 0.25) is 0 Å². The Kier molecular flexibility index (Phi) is 6.02. The third-order valence-corrected chi connectivity index (χ3v) is 9.03. The molecular weight excluding hydrogens is 490 g/mol. The van der Waals surface area contributed by atoms with Gasteiger partial charge in [-0.15, -0.1) is 0 Å². The second-order valence-electron chi connectivity index (χ2n) is 8.21. The predicted molar refractivity (Wildman–Crippen MR) is 129 cm³/mol. The molecule has 0 unspecified atom stereocenters. The summed E-state index contributed by atoms with van der Waals surface area (Å²) in [4.78, 5) is 22.8. The summed E-state index contributed by atoms with van der Waals surface area (Å²) >= 11 is 1.25. The van der Waals surface area contributed by atoms with Gasteiger partial charge in [0, 0.05) is 27.9 Å². The number of aromatic nitrogens is 2. The summed E-state index contributed by atoms with van der Waals surface area (Å²) in [5.74, 6) is 0.107. The van der Waals surface area contributed by atoms with Crippen LogP contribution in [-0.4, -0.2) is 54.2 Å². The van der Waals surface area contributed by atoms with E-state index in [1.54, 1.807) is 24.3 Å². The van der Waals surface area contributed by atoms with Crippen molar-refractivity contribution in [1.82, 2.24) is 14.3 Å². The number of fused-ring (bicyclic) bond motifs is 1. The fourth-order valence-corrected chi connectivity index (χ4v) is 6.59. The molecule has 1 N–H and O–H groups in total. The van der Waals surface area contributed by atoms with Gasteiger partial charge in [-0.3, -0.25) is 15.1 Å². The van der Waals surface area contributed by atoms with Crippen LogP contribution in [0.5, 0.6) is 5.75 Å². The van der Waals surface area contributed by atoms with Crippen molar-refractivity contribution in [2.24, 2.45) is 0 Å². The van der Waals surface area contributed by atoms with Crippen LogP contribution >= 0.6 is 11.3 Å². The maximum absolute atomic E-state index is 13.2. The summed E-state index contributed by atoms with van der Waals surface area (Å²) < 4.78 is 37.2. The molecule has 5 rings (SSSR count). The van der Waals surface area contributed by atoms with E-state index in [-0.39, 0.29) is 26.3 Å². The largest absolute Gasteiger partial charge is 0.496 e. The summed E-state index contributed by atoms with van der Waals surface area (Å²) in [5, 5.41) is 12.0. The van der Waals surface area contributed by atoms with Crippen molar-refractivity contribution in [3.63, 3.8) is 0 Å². The SMILES string of the molecule is COc1ccc(C#N)cc1-c1cc(C)ncc1C(=O)Nc1nc2c(s1)CN(S(=O)(=O)C1COC1)C2. The molecule has 0 spiro atoms. The van der Waals surface area contributed by atoms with Gasteiger partial charge in [0.15, 0.2) is 5.13 Å². The molecule has 180 valence electrons. The minimum atomic E-state index is -3.43. The van der Waals surface area contributed by atoms with Crippen molar-refractivity contribution in [2.75, 3.05) is 25.6 Å². The van der Waals surface area contributed by atoms with E-state index in [1.165, 1.54) is 28.9 Å². The van der Waals surface area contributed by atoms with Crippen LogP contribution in [0.1, 0.15) is 32.2 Å². The smallest absolute Gasteiger partial charge is 0.259 e. The zero-order valence-electron chi connectivity index (χ0n) is 18.9. The first kappa shape index (κ1) is 23.4. The van der Waals surface area contributed by atoms with E-state index < -0.39 is 21.2 Å². The number of anilines is 1. The highest BCUT2D eigenvalue weighted by molar-refractivity contribution is 7.89. The molecule has 35 heavy (non-hydrogen) atoms. The first-order valence-corrected chi connectivity index (χ1v) is 13.0. The van der Waals surface area contributed by atoms with E-state index >= 15 is 0 Å². The van der Waals surface area contributed by atoms with Crippen LogP contribution in [0.4, 0.5) is 5.13 Å². The molecule has 1 aromatic carbocycles. The van der Waals surface area contributed by atoms with Crippen molar-refractivity contribution in [1.29, 1.82) is 5.26 Å². The van der Waals surface area contributed by atoms with Crippen molar-refractivity contribution in [3.05, 3.63) is 57.9 Å². The lowest BCUT2D eigenvalue weighted by Crippen LogP contribution is -2.47. The number of nitriles is 1. The normalized spacial score (nSPS) is 15.8. The Morgan fingerprint density at radius 2 is 2.09 bits per heavy atom. The molecule has 1 amide bonds. The van der Waals surface area contributed by atoms with Gasteiger partial charge in [0.1, 0.15) is 11.0 Å². The monoisotopic (exact) mass is 511 g/mol. The van der Waals surface area contributed by atoms with Crippen molar-refractivity contribution >= 4 is 32.4 Å². The maximum atomic E-state index is 13.2. The molecule has 3 aromatic rings. The molecule has 2 aliphatic heterocycles. The number of nitrogens with one attached hydrogen (secondary N) is 1. The number of methoxy groups -OCH3 is 1. The van der Waals surface area contributed by atoms with E-state index in [2.05, 4.69) is 21.4 Å². The zero-order valence-corrected chi connectivity index (χ0v) is 20.6. The van der Waals surface area contributed by atoms with E-state index in [0.717, 1.165) is 4.88 Å². The summed E-state index contributed by atoms with van der Waals surface area (Å²) in [6.07, 6.45) is 1.48. The molecular formula is C23H21N5O5S2. The van der Waals surface area contributed by atoms with Crippen LogP contribution in [0, 0.1) is 18.3 Å². The number of rotatable bonds is 6. The Labute approximate surface area is 206 Å². The number of ether oxygens (including phenoxy) is 2. The van der Waals surface area contributed by atoms with Gasteiger partial charge in [-0.1, -0.05) is 11.3 Å². The van der Waals surface area contributed by atoms with E-state index in [0.29, 0.717) is 44.5 Å². The number of sulfonamides is 1. The number of carbonyl (C=O) groups excluding carboxylic acids is 1. The Balaban J connectivity index is 1.40. The Morgan fingerprint density at radius 1 is 1.29 bits per heavy atom. The summed E-state index contributed by atoms with van der Waals surface area (Å²) in [6.45, 7) is 2.66. The molecule has 4 heterocycles. The number of hydrogen-bond acceptors (Lipinski definition) is 9. The van der Waals surface area contributed by atoms with Gasteiger partial charge in [0.25, 0.3) is 5.91 Å². The van der Waals surface area contributed by atoms with Gasteiger partial charge in [-0.05, 0) is 31.2 Å². The van der Waals surface area contributed by atoms with Crippen LogP contribution in [0.25, 0.3) is 11.1 Å². The number of carbonyl (C=O) groups is 1. The fraction of sp³-hybridized carbons (Fsp3) is 0.304. The topological polar surface area (TPSA) is 135 Å². The molecule has 0 aliphatic carbocycles. The Bertz CT molecular complexity index is 1450. The van der Waals surface area contributed by atoms with Gasteiger partial charge in [0.2, 0.25) is 10.0 Å². The summed E-state index contributed by atoms with van der Waals surface area (Å²) in [5.41, 5.74) is 3.25. The number of nitrogens with zero attached hydrogens (tertiary/aromatic N) is 4. The quantitative estimate of drug-likeness (QED) is 0.534. The average molecular weight is 512 g/mol. The van der Waals surface area contributed by atoms with Crippen molar-refractivity contribution in [3.8, 4) is 22.9 Å². The molecule has 12 heteroatoms. The Morgan fingerprint density at radius 3 is 2.74 bits per heavy atom. The van der Waals surface area contributed by atoms with Gasteiger partial charge in [0.05, 0.1) is 56.3 Å². The Hall–Kier alpha value is -3.37. The molecule has 2 aliphatic rings. The van der Waals surface area contributed by atoms with Crippen LogP contribution in [-0.2, 0) is 27.8 Å². The van der Waals surface area contributed by atoms with E-state index in [1.807, 2.05) is 6.92 Å². The first-order chi connectivity index (χ1) is 16.8. The van der Waals surface area contributed by atoms with Gasteiger partial charge >= 0.3 is 0 Å². The lowest BCUT2D eigenvalue weighted by atomic mass is 9.97. The molecule has 0 bridgehead atoms. The highest BCUT2D eigenvalue weighted by Gasteiger charge is 2.41. The maximum Gasteiger partial charge on any atom is 0.259 e. The number of thiazole rings is 1. The second-order valence-corrected chi connectivity index (χ2v) is 11.5. The first-order valence-electron chi connectivity index (χ1n) is 10.7. The standard InChI is InChI=1S/C23H21N5O5S2/c1-13-5-16(17-6-14(7-24)3-4-20(17)32-2)18(8-25-13)22(29)27-23-26-19-9-28(10-21(19)34-23)35(30,31)15-11-33-12-15/h3-6,8,15H,9-12H2,1-2H3,(H,26,27,29). The third-order valence-electron chi connectivity index (χ3n) is 5.94. The fourth-order valence-electron chi connectivity index (χ4n) is 3.96. The number of aryl methyl sites for hydroxylation is 1. The number of pyridine rings is 1. The van der Waals surface area contributed by atoms with Gasteiger partial charge < -0.3 is 9.47 Å². The van der Waals surface area contributed by atoms with Crippen molar-refractivity contribution < 1.29 is 22.7 Å². The highest BCUT2D eigenvalue weighted by atomic mass is 32.2. The van der Waals surface area contributed by atoms with Gasteiger partial charge in [-0.2, -0.15) is 9.57 Å². The highest BCUT2D eigenvalue weighted by Crippen LogP contribution is 2.36. The average Bonchev–Trinajstić information content (AvgIpc) is 3.36. The van der Waals surface area contributed by atoms with E-state index in [4.69, 9.17) is 9.47 Å². The number of amides is 1. The molecule has 1 fully saturated rings. The number of hydrogen-bond donors (Lipinski definition) is 1. The molecule has 0 atom stereocenters. The van der Waals surface area contributed by atoms with Gasteiger partial charge in [-0.25, -0.2) is 13.4 Å². The van der Waals surface area contributed by atoms with Crippen LogP contribution < -0.4 is 10.1 Å². The predicted octanol–water partition coefficient (Wildman–Crippen LogP) is 2.69. The molecule has 0 radical (unpaired) electrons. The zero-order chi connectivity index (χ0) is 24.7. The lowest BCUT2D eigenvalue weighted by molar-refractivity contribution is 0.0391. The third kappa shape index (κ3) is 4.28. The summed E-state index contributed by atoms with van der Waals surface area (Å²) in [6, 6.07) is 8.88. The minimum Gasteiger partial charge on any atom is -0.496 e. The molecule has 2 aromatic heterocycles. The molecule has 0 saturated carbocycles. The van der Waals surface area contributed by atoms with E-state index in [9.17, 15) is 18.5 Å². The van der Waals surface area contributed by atoms with Crippen molar-refractivity contribution in [2.45, 2.75) is 25.3 Å². The number of benzene rings is 1. The second kappa shape index (κ2) is 9.01. The minimum absolute atomic E-state index is 0.177.